The predicted molar refractivity (Wildman–Crippen MR) is 133 cm³/mol. The molecule has 1 aliphatic heterocycles. The number of hydrogen-bond donors (Lipinski definition) is 1. The van der Waals surface area contributed by atoms with Crippen LogP contribution in [-0.2, 0) is 27.2 Å². The van der Waals surface area contributed by atoms with Gasteiger partial charge in [-0.05, 0) is 59.7 Å². The Bertz CT molecular complexity index is 1200. The third kappa shape index (κ3) is 5.21. The number of carboxylic acids is 1. The summed E-state index contributed by atoms with van der Waals surface area (Å²) in [5.41, 5.74) is 1.76. The number of fused-ring (bicyclic) bond motifs is 1. The first-order valence-electron chi connectivity index (χ1n) is 12.1. The molecular formula is C27H31F2NO5Si. The van der Waals surface area contributed by atoms with Crippen LogP contribution in [0.2, 0.25) is 19.6 Å². The quantitative estimate of drug-likeness (QED) is 0.540. The van der Waals surface area contributed by atoms with Crippen LogP contribution in [0, 0.1) is 23.5 Å². The minimum Gasteiger partial charge on any atom is -0.497 e. The number of hydrogen-bond acceptors (Lipinski definition) is 4. The summed E-state index contributed by atoms with van der Waals surface area (Å²) < 4.78 is 35.0. The maximum Gasteiger partial charge on any atom is 0.303 e. The molecule has 6 nitrogen and oxygen atoms in total. The fourth-order valence-corrected chi connectivity index (χ4v) is 6.85. The number of amides is 1. The van der Waals surface area contributed by atoms with Crippen LogP contribution in [0.1, 0.15) is 35.6 Å². The largest absolute Gasteiger partial charge is 0.497 e. The number of nitrogens with zero attached hydrogens (tertiary/aromatic N) is 1. The highest BCUT2D eigenvalue weighted by atomic mass is 28.3. The molecule has 1 amide bonds. The fraction of sp³-hybridized carbons (Fsp3) is 0.444. The molecule has 1 N–H and O–H groups in total. The van der Waals surface area contributed by atoms with E-state index < -0.39 is 37.6 Å². The topological polar surface area (TPSA) is 83.9 Å². The molecule has 0 spiro atoms. The lowest BCUT2D eigenvalue weighted by Crippen LogP contribution is -2.45. The van der Waals surface area contributed by atoms with E-state index in [1.807, 2.05) is 25.7 Å². The van der Waals surface area contributed by atoms with E-state index in [9.17, 15) is 23.2 Å². The van der Waals surface area contributed by atoms with Gasteiger partial charge in [0.2, 0.25) is 5.91 Å². The van der Waals surface area contributed by atoms with Crippen molar-refractivity contribution >= 4 is 30.9 Å². The molecule has 1 saturated carbocycles. The first-order valence-corrected chi connectivity index (χ1v) is 15.6. The number of benzene rings is 2. The van der Waals surface area contributed by atoms with Crippen molar-refractivity contribution < 1.29 is 33.0 Å². The maximum absolute atomic E-state index is 14.8. The van der Waals surface area contributed by atoms with Crippen molar-refractivity contribution in [2.24, 2.45) is 11.8 Å². The molecule has 0 bridgehead atoms. The van der Waals surface area contributed by atoms with Gasteiger partial charge in [-0.25, -0.2) is 8.78 Å². The normalized spacial score (nSPS) is 21.1. The summed E-state index contributed by atoms with van der Waals surface area (Å²) in [5.74, 6) is -2.86. The van der Waals surface area contributed by atoms with Crippen molar-refractivity contribution in [2.75, 3.05) is 13.7 Å². The van der Waals surface area contributed by atoms with Crippen molar-refractivity contribution in [3.8, 4) is 5.75 Å². The summed E-state index contributed by atoms with van der Waals surface area (Å²) >= 11 is 0. The van der Waals surface area contributed by atoms with Crippen LogP contribution in [-0.4, -0.2) is 49.4 Å². The van der Waals surface area contributed by atoms with Gasteiger partial charge in [-0.15, -0.1) is 0 Å². The van der Waals surface area contributed by atoms with Gasteiger partial charge in [-0.3, -0.25) is 14.4 Å². The number of rotatable bonds is 8. The number of ketones is 1. The zero-order valence-electron chi connectivity index (χ0n) is 20.9. The number of carbonyl (C=O) groups excluding carboxylic acids is 2. The molecule has 9 heteroatoms. The Morgan fingerprint density at radius 2 is 1.78 bits per heavy atom. The molecule has 0 radical (unpaired) electrons. The maximum atomic E-state index is 14.8. The highest BCUT2D eigenvalue weighted by Gasteiger charge is 2.48. The molecule has 0 aromatic heterocycles. The van der Waals surface area contributed by atoms with Crippen LogP contribution in [0.25, 0.3) is 0 Å². The van der Waals surface area contributed by atoms with Crippen LogP contribution < -0.4 is 9.92 Å². The van der Waals surface area contributed by atoms with Gasteiger partial charge < -0.3 is 14.7 Å². The molecule has 1 fully saturated rings. The van der Waals surface area contributed by atoms with Crippen LogP contribution in [0.15, 0.2) is 30.3 Å². The number of halogens is 2. The van der Waals surface area contributed by atoms with Crippen molar-refractivity contribution in [1.29, 1.82) is 0 Å². The molecule has 2 aliphatic rings. The second-order valence-electron chi connectivity index (χ2n) is 10.8. The van der Waals surface area contributed by atoms with Gasteiger partial charge in [-0.2, -0.15) is 0 Å². The van der Waals surface area contributed by atoms with Gasteiger partial charge in [0, 0.05) is 30.5 Å². The SMILES string of the molecule is COc1ccc2c(c1)CCN(C(=O)[C@@H]1C[C@H]1CC(=O)O)C2C(=O)Cc1cc(F)c([Si](C)(C)C)c(F)c1. The van der Waals surface area contributed by atoms with E-state index in [2.05, 4.69) is 0 Å². The Balaban J connectivity index is 1.65. The number of ether oxygens (including phenoxy) is 1. The first kappa shape index (κ1) is 26.0. The summed E-state index contributed by atoms with van der Waals surface area (Å²) in [4.78, 5) is 39.6. The highest BCUT2D eigenvalue weighted by molar-refractivity contribution is 6.88. The third-order valence-corrected chi connectivity index (χ3v) is 9.05. The van der Waals surface area contributed by atoms with Crippen LogP contribution in [0.3, 0.4) is 0 Å². The standard InChI is InChI=1S/C27H31F2NO5Si/c1-35-18-5-6-19-16(12-18)7-8-30(27(34)20-13-17(20)14-24(32)33)25(19)23(31)11-15-9-21(28)26(22(29)10-15)36(2,3)4/h5-6,9-10,12,17,20,25H,7-8,11,13-14H2,1-4H3,(H,32,33)/t17-,20+,25?/m0/s1. The lowest BCUT2D eigenvalue weighted by atomic mass is 9.87. The highest BCUT2D eigenvalue weighted by Crippen LogP contribution is 2.45. The zero-order chi connectivity index (χ0) is 26.4. The summed E-state index contributed by atoms with van der Waals surface area (Å²) in [7, 11) is -0.718. The van der Waals surface area contributed by atoms with Crippen molar-refractivity contribution in [2.45, 2.75) is 51.4 Å². The molecule has 4 rings (SSSR count). The number of carbonyl (C=O) groups is 3. The smallest absolute Gasteiger partial charge is 0.303 e. The zero-order valence-corrected chi connectivity index (χ0v) is 21.9. The summed E-state index contributed by atoms with van der Waals surface area (Å²) in [5, 5.41) is 9.18. The number of carboxylic acid groups (broad SMARTS) is 1. The van der Waals surface area contributed by atoms with E-state index in [1.165, 1.54) is 17.0 Å². The summed E-state index contributed by atoms with van der Waals surface area (Å²) in [6, 6.07) is 6.85. The Hall–Kier alpha value is -3.07. The van der Waals surface area contributed by atoms with Gasteiger partial charge in [0.1, 0.15) is 23.4 Å². The van der Waals surface area contributed by atoms with Crippen molar-refractivity contribution in [3.63, 3.8) is 0 Å². The van der Waals surface area contributed by atoms with Crippen molar-refractivity contribution in [1.82, 2.24) is 4.90 Å². The molecule has 0 saturated heterocycles. The fourth-order valence-electron chi connectivity index (χ4n) is 5.27. The second kappa shape index (κ2) is 9.76. The Morgan fingerprint density at radius 1 is 1.11 bits per heavy atom. The van der Waals surface area contributed by atoms with Gasteiger partial charge >= 0.3 is 5.97 Å². The molecule has 2 aromatic rings. The summed E-state index contributed by atoms with van der Waals surface area (Å²) in [6.45, 7) is 5.85. The van der Waals surface area contributed by atoms with E-state index in [-0.39, 0.29) is 41.2 Å². The average molecular weight is 516 g/mol. The predicted octanol–water partition coefficient (Wildman–Crippen LogP) is 3.87. The van der Waals surface area contributed by atoms with E-state index in [0.29, 0.717) is 30.7 Å². The van der Waals surface area contributed by atoms with Crippen LogP contribution in [0.5, 0.6) is 5.75 Å². The van der Waals surface area contributed by atoms with E-state index in [1.54, 1.807) is 19.2 Å². The second-order valence-corrected chi connectivity index (χ2v) is 15.8. The number of Topliss-reactive ketones (excluding diaryl/α,β-unsaturated/α-hetero) is 1. The van der Waals surface area contributed by atoms with E-state index in [4.69, 9.17) is 9.84 Å². The Kier molecular flexibility index (Phi) is 7.05. The molecule has 1 aliphatic carbocycles. The Morgan fingerprint density at radius 3 is 2.36 bits per heavy atom. The average Bonchev–Trinajstić information content (AvgIpc) is 3.54. The third-order valence-electron chi connectivity index (χ3n) is 7.07. The van der Waals surface area contributed by atoms with E-state index in [0.717, 1.165) is 5.56 Å². The van der Waals surface area contributed by atoms with Gasteiger partial charge in [0.05, 0.1) is 15.2 Å². The monoisotopic (exact) mass is 515 g/mol. The minimum atomic E-state index is -2.27. The number of aliphatic carboxylic acids is 1. The van der Waals surface area contributed by atoms with Crippen LogP contribution >= 0.6 is 0 Å². The van der Waals surface area contributed by atoms with E-state index >= 15 is 0 Å². The van der Waals surface area contributed by atoms with Crippen LogP contribution in [0.4, 0.5) is 8.78 Å². The molecule has 36 heavy (non-hydrogen) atoms. The molecule has 1 unspecified atom stereocenters. The summed E-state index contributed by atoms with van der Waals surface area (Å²) in [6.07, 6.45) is 0.681. The van der Waals surface area contributed by atoms with Gasteiger partial charge in [0.15, 0.2) is 5.78 Å². The van der Waals surface area contributed by atoms with Gasteiger partial charge in [-0.1, -0.05) is 25.7 Å². The van der Waals surface area contributed by atoms with Gasteiger partial charge in [0.25, 0.3) is 0 Å². The molecule has 2 aromatic carbocycles. The lowest BCUT2D eigenvalue weighted by molar-refractivity contribution is -0.142. The minimum absolute atomic E-state index is 0.0847. The molecule has 192 valence electrons. The van der Waals surface area contributed by atoms with Crippen molar-refractivity contribution in [3.05, 3.63) is 58.7 Å². The lowest BCUT2D eigenvalue weighted by Gasteiger charge is -2.37. The number of methoxy groups -OCH3 is 1. The first-order chi connectivity index (χ1) is 16.9. The molecule has 3 atom stereocenters. The Labute approximate surface area is 210 Å². The molecule has 1 heterocycles. The molecular weight excluding hydrogens is 484 g/mol.